The average molecular weight is 454 g/mol. The first-order valence-electron chi connectivity index (χ1n) is 10.3. The van der Waals surface area contributed by atoms with Crippen LogP contribution in [0.25, 0.3) is 0 Å². The molecule has 0 N–H and O–H groups in total. The molecule has 0 spiro atoms. The number of benzene rings is 1. The highest BCUT2D eigenvalue weighted by atomic mass is 32.2. The minimum absolute atomic E-state index is 0.345. The molecule has 2 aliphatic heterocycles. The van der Waals surface area contributed by atoms with Crippen molar-refractivity contribution in [3.05, 3.63) is 42.0 Å². The molecule has 1 aromatic carbocycles. The molecule has 0 aromatic heterocycles. The van der Waals surface area contributed by atoms with Gasteiger partial charge in [-0.1, -0.05) is 41.9 Å². The SMILES string of the molecule is CSCCOC(=O)N1c2ccccc2[C@@]23O[C@H]2[C@@H]1C#C/C=C\C#C[C@@]3(C)O[Si](C)(C)C. The Kier molecular flexibility index (Phi) is 5.74. The normalized spacial score (nSPS) is 31.1. The van der Waals surface area contributed by atoms with Crippen LogP contribution in [-0.4, -0.2) is 50.8 Å². The fourth-order valence-corrected chi connectivity index (χ4v) is 6.11. The van der Waals surface area contributed by atoms with Crippen LogP contribution in [0, 0.1) is 23.7 Å². The summed E-state index contributed by atoms with van der Waals surface area (Å²) in [5.41, 5.74) is -0.0486. The summed E-state index contributed by atoms with van der Waals surface area (Å²) in [6, 6.07) is 7.29. The van der Waals surface area contributed by atoms with Crippen molar-refractivity contribution in [1.82, 2.24) is 0 Å². The summed E-state index contributed by atoms with van der Waals surface area (Å²) in [6.07, 6.45) is 4.64. The molecule has 1 amide bonds. The van der Waals surface area contributed by atoms with Gasteiger partial charge in [0.05, 0.1) is 5.69 Å². The van der Waals surface area contributed by atoms with Crippen LogP contribution in [0.5, 0.6) is 0 Å². The van der Waals surface area contributed by atoms with Gasteiger partial charge in [0, 0.05) is 11.3 Å². The zero-order valence-electron chi connectivity index (χ0n) is 18.5. The average Bonchev–Trinajstić information content (AvgIpc) is 3.47. The van der Waals surface area contributed by atoms with E-state index >= 15 is 0 Å². The van der Waals surface area contributed by atoms with Crippen LogP contribution >= 0.6 is 11.8 Å². The van der Waals surface area contributed by atoms with Crippen LogP contribution in [0.3, 0.4) is 0 Å². The van der Waals surface area contributed by atoms with Crippen LogP contribution in [0.1, 0.15) is 12.5 Å². The molecule has 0 unspecified atom stereocenters. The minimum atomic E-state index is -1.99. The highest BCUT2D eigenvalue weighted by Crippen LogP contribution is 2.62. The van der Waals surface area contributed by atoms with Gasteiger partial charge in [0.25, 0.3) is 0 Å². The number of thioether (sulfide) groups is 1. The highest BCUT2D eigenvalue weighted by molar-refractivity contribution is 7.98. The van der Waals surface area contributed by atoms with Gasteiger partial charge in [-0.15, -0.1) is 0 Å². The van der Waals surface area contributed by atoms with Crippen LogP contribution in [0.15, 0.2) is 36.4 Å². The van der Waals surface area contributed by atoms with E-state index in [1.165, 1.54) is 0 Å². The quantitative estimate of drug-likeness (QED) is 0.290. The Morgan fingerprint density at radius 1 is 1.26 bits per heavy atom. The molecule has 5 nitrogen and oxygen atoms in total. The topological polar surface area (TPSA) is 51.3 Å². The van der Waals surface area contributed by atoms with Crippen molar-refractivity contribution < 1.29 is 18.7 Å². The smallest absolute Gasteiger partial charge is 0.415 e. The summed E-state index contributed by atoms with van der Waals surface area (Å²) >= 11 is 1.63. The van der Waals surface area contributed by atoms with Crippen molar-refractivity contribution in [2.24, 2.45) is 0 Å². The summed E-state index contributed by atoms with van der Waals surface area (Å²) in [7, 11) is -1.99. The van der Waals surface area contributed by atoms with Gasteiger partial charge >= 0.3 is 6.09 Å². The number of carbonyl (C=O) groups is 1. The summed E-state index contributed by atoms with van der Waals surface area (Å²) in [5, 5.41) is 0. The summed E-state index contributed by atoms with van der Waals surface area (Å²) in [5.74, 6) is 13.4. The number of fused-ring (bicyclic) bond motifs is 1. The Bertz CT molecular complexity index is 1040. The molecule has 162 valence electrons. The van der Waals surface area contributed by atoms with Crippen molar-refractivity contribution in [3.63, 3.8) is 0 Å². The zero-order chi connectivity index (χ0) is 22.3. The van der Waals surface area contributed by atoms with Gasteiger partial charge in [-0.05, 0) is 51.0 Å². The molecule has 1 aliphatic carbocycles. The predicted molar refractivity (Wildman–Crippen MR) is 127 cm³/mol. The summed E-state index contributed by atoms with van der Waals surface area (Å²) < 4.78 is 18.7. The number of epoxide rings is 1. The van der Waals surface area contributed by atoms with Crippen molar-refractivity contribution in [2.75, 3.05) is 23.5 Å². The first-order valence-corrected chi connectivity index (χ1v) is 15.1. The monoisotopic (exact) mass is 453 g/mol. The molecule has 1 aromatic rings. The van der Waals surface area contributed by atoms with Crippen molar-refractivity contribution in [3.8, 4) is 23.7 Å². The van der Waals surface area contributed by atoms with E-state index in [9.17, 15) is 4.79 Å². The maximum absolute atomic E-state index is 13.1. The first kappa shape index (κ1) is 22.0. The van der Waals surface area contributed by atoms with E-state index in [1.54, 1.807) is 28.8 Å². The Balaban J connectivity index is 1.87. The van der Waals surface area contributed by atoms with Gasteiger partial charge in [-0.25, -0.2) is 4.79 Å². The van der Waals surface area contributed by atoms with E-state index < -0.39 is 31.7 Å². The third-order valence-corrected chi connectivity index (χ3v) is 7.10. The van der Waals surface area contributed by atoms with E-state index in [-0.39, 0.29) is 6.10 Å². The number of nitrogens with zero attached hydrogens (tertiary/aromatic N) is 1. The van der Waals surface area contributed by atoms with Gasteiger partial charge in [-0.2, -0.15) is 11.8 Å². The highest BCUT2D eigenvalue weighted by Gasteiger charge is 2.75. The number of anilines is 1. The maximum Gasteiger partial charge on any atom is 0.415 e. The standard InChI is InChI=1S/C24H27NO4SSi/c1-23(29-31(3,4)5)15-11-7-6-8-14-20-21-24(23,28-21)18-12-9-10-13-19(18)25(20)22(26)27-16-17-30-2/h6-7,9-10,12-13,20-21H,16-17H2,1-5H3/b7-6-/t20-,21-,23+,24+/m0/s1. The number of hydrogen-bond acceptors (Lipinski definition) is 5. The summed E-state index contributed by atoms with van der Waals surface area (Å²) in [6.45, 7) is 8.77. The molecule has 1 fully saturated rings. The Morgan fingerprint density at radius 3 is 2.74 bits per heavy atom. The van der Waals surface area contributed by atoms with Crippen LogP contribution < -0.4 is 4.90 Å². The van der Waals surface area contributed by atoms with Crippen LogP contribution in [-0.2, 0) is 19.5 Å². The third-order valence-electron chi connectivity index (χ3n) is 5.51. The lowest BCUT2D eigenvalue weighted by Gasteiger charge is -2.42. The molecule has 2 bridgehead atoms. The van der Waals surface area contributed by atoms with Crippen molar-refractivity contribution >= 4 is 31.9 Å². The molecule has 3 aliphatic rings. The van der Waals surface area contributed by atoms with E-state index in [0.717, 1.165) is 17.0 Å². The lowest BCUT2D eigenvalue weighted by atomic mass is 9.75. The second-order valence-electron chi connectivity index (χ2n) is 8.85. The predicted octanol–water partition coefficient (Wildman–Crippen LogP) is 4.16. The Hall–Kier alpha value is -2.16. The van der Waals surface area contributed by atoms with E-state index in [2.05, 4.69) is 43.3 Å². The summed E-state index contributed by atoms with van der Waals surface area (Å²) in [4.78, 5) is 14.8. The number of carbonyl (C=O) groups excluding carboxylic acids is 1. The minimum Gasteiger partial charge on any atom is -0.448 e. The van der Waals surface area contributed by atoms with Crippen molar-refractivity contribution in [2.45, 2.75) is 49.9 Å². The number of para-hydroxylation sites is 1. The molecule has 4 atom stereocenters. The molecule has 1 saturated heterocycles. The van der Waals surface area contributed by atoms with Gasteiger partial charge in [-0.3, -0.25) is 4.90 Å². The number of rotatable bonds is 5. The molecule has 0 radical (unpaired) electrons. The fourth-order valence-electron chi connectivity index (χ4n) is 4.43. The van der Waals surface area contributed by atoms with Crippen LogP contribution in [0.2, 0.25) is 19.6 Å². The van der Waals surface area contributed by atoms with Crippen molar-refractivity contribution in [1.29, 1.82) is 0 Å². The number of amides is 1. The van der Waals surface area contributed by atoms with Gasteiger partial charge < -0.3 is 13.9 Å². The molecule has 31 heavy (non-hydrogen) atoms. The van der Waals surface area contributed by atoms with Gasteiger partial charge in [0.15, 0.2) is 19.5 Å². The largest absolute Gasteiger partial charge is 0.448 e. The fraction of sp³-hybridized carbons (Fsp3) is 0.458. The second-order valence-corrected chi connectivity index (χ2v) is 14.3. The second kappa shape index (κ2) is 8.07. The molecule has 7 heteroatoms. The van der Waals surface area contributed by atoms with Crippen LogP contribution in [0.4, 0.5) is 10.5 Å². The van der Waals surface area contributed by atoms with E-state index in [1.807, 2.05) is 37.4 Å². The number of hydrogen-bond donors (Lipinski definition) is 0. The first-order chi connectivity index (χ1) is 14.7. The molecule has 2 heterocycles. The lowest BCUT2D eigenvalue weighted by molar-refractivity contribution is 0.0430. The number of allylic oxidation sites excluding steroid dienone is 2. The van der Waals surface area contributed by atoms with E-state index in [4.69, 9.17) is 13.9 Å². The Labute approximate surface area is 189 Å². The molecule has 0 saturated carbocycles. The van der Waals surface area contributed by atoms with Gasteiger partial charge in [0.2, 0.25) is 0 Å². The number of ether oxygens (including phenoxy) is 2. The molecule has 4 rings (SSSR count). The lowest BCUT2D eigenvalue weighted by Crippen LogP contribution is -2.56. The zero-order valence-corrected chi connectivity index (χ0v) is 20.3. The Morgan fingerprint density at radius 2 is 2.00 bits per heavy atom. The third kappa shape index (κ3) is 3.81. The molecular weight excluding hydrogens is 426 g/mol. The maximum atomic E-state index is 13.1. The van der Waals surface area contributed by atoms with Gasteiger partial charge in [0.1, 0.15) is 18.8 Å². The molecular formula is C24H27NO4SSi. The van der Waals surface area contributed by atoms with E-state index in [0.29, 0.717) is 6.61 Å².